The highest BCUT2D eigenvalue weighted by molar-refractivity contribution is 7.11. The molecule has 0 fully saturated rings. The zero-order chi connectivity index (χ0) is 14.5. The van der Waals surface area contributed by atoms with Crippen LogP contribution in [0.3, 0.4) is 0 Å². The predicted octanol–water partition coefficient (Wildman–Crippen LogP) is 3.32. The summed E-state index contributed by atoms with van der Waals surface area (Å²) in [5, 5.41) is 6.81. The highest BCUT2D eigenvalue weighted by Gasteiger charge is 2.11. The maximum absolute atomic E-state index is 11.9. The average Bonchev–Trinajstić information content (AvgIpc) is 2.82. The second kappa shape index (κ2) is 6.52. The molecule has 0 spiro atoms. The third-order valence-corrected chi connectivity index (χ3v) is 4.01. The van der Waals surface area contributed by atoms with E-state index in [1.54, 1.807) is 17.5 Å². The largest absolute Gasteiger partial charge is 0.333 e. The minimum atomic E-state index is -0.160. The van der Waals surface area contributed by atoms with E-state index >= 15 is 0 Å². The fraction of sp³-hybridized carbons (Fsp3) is 0.333. The lowest BCUT2D eigenvalue weighted by Crippen LogP contribution is -2.36. The molecule has 2 N–H and O–H groups in total. The number of amides is 2. The van der Waals surface area contributed by atoms with Gasteiger partial charge in [-0.2, -0.15) is 0 Å². The van der Waals surface area contributed by atoms with E-state index in [2.05, 4.69) is 15.6 Å². The number of carbonyl (C=O) groups is 1. The van der Waals surface area contributed by atoms with Gasteiger partial charge in [-0.25, -0.2) is 9.78 Å². The summed E-state index contributed by atoms with van der Waals surface area (Å²) >= 11 is 1.59. The second-order valence-electron chi connectivity index (χ2n) is 4.75. The predicted molar refractivity (Wildman–Crippen MR) is 81.8 cm³/mol. The Labute approximate surface area is 123 Å². The smallest absolute Gasteiger partial charge is 0.315 e. The number of aryl methyl sites for hydroxylation is 2. The van der Waals surface area contributed by atoms with Crippen molar-refractivity contribution in [1.29, 1.82) is 0 Å². The van der Waals surface area contributed by atoms with Crippen LogP contribution in [0, 0.1) is 13.8 Å². The Bertz CT molecular complexity index is 594. The molecule has 0 saturated heterocycles. The maximum atomic E-state index is 11.9. The molecule has 2 rings (SSSR count). The molecule has 2 aromatic rings. The van der Waals surface area contributed by atoms with Gasteiger partial charge in [0.1, 0.15) is 0 Å². The molecule has 0 aliphatic heterocycles. The number of benzene rings is 1. The monoisotopic (exact) mass is 289 g/mol. The quantitative estimate of drug-likeness (QED) is 0.907. The van der Waals surface area contributed by atoms with E-state index in [4.69, 9.17) is 0 Å². The number of urea groups is 1. The molecule has 4 nitrogen and oxygen atoms in total. The number of nitrogens with one attached hydrogen (secondary N) is 2. The first-order chi connectivity index (χ1) is 9.56. The molecule has 0 saturated carbocycles. The molecule has 1 aromatic carbocycles. The highest BCUT2D eigenvalue weighted by atomic mass is 32.1. The van der Waals surface area contributed by atoms with Crippen molar-refractivity contribution in [2.75, 3.05) is 0 Å². The van der Waals surface area contributed by atoms with Crippen LogP contribution in [0.4, 0.5) is 4.79 Å². The molecule has 106 valence electrons. The lowest BCUT2D eigenvalue weighted by Gasteiger charge is -2.16. The summed E-state index contributed by atoms with van der Waals surface area (Å²) in [6.45, 7) is 6.50. The summed E-state index contributed by atoms with van der Waals surface area (Å²) in [6, 6.07) is 7.89. The van der Waals surface area contributed by atoms with Crippen LogP contribution in [-0.2, 0) is 6.54 Å². The molecule has 1 aromatic heterocycles. The van der Waals surface area contributed by atoms with Crippen molar-refractivity contribution in [3.05, 3.63) is 51.5 Å². The molecule has 0 aliphatic carbocycles. The van der Waals surface area contributed by atoms with Gasteiger partial charge in [-0.1, -0.05) is 24.3 Å². The first kappa shape index (κ1) is 14.5. The molecule has 5 heteroatoms. The Hall–Kier alpha value is -1.88. The van der Waals surface area contributed by atoms with Crippen LogP contribution >= 0.6 is 11.3 Å². The van der Waals surface area contributed by atoms with E-state index in [0.29, 0.717) is 6.54 Å². The lowest BCUT2D eigenvalue weighted by molar-refractivity contribution is 0.237. The molecule has 2 amide bonds. The van der Waals surface area contributed by atoms with Crippen LogP contribution in [0.1, 0.15) is 34.0 Å². The van der Waals surface area contributed by atoms with Crippen LogP contribution < -0.4 is 10.6 Å². The SMILES string of the molecule is Cc1ncc(CNC(=O)NC(C)c2ccccc2C)s1. The first-order valence-electron chi connectivity index (χ1n) is 6.57. The van der Waals surface area contributed by atoms with Gasteiger partial charge in [-0.15, -0.1) is 11.3 Å². The van der Waals surface area contributed by atoms with E-state index in [1.165, 1.54) is 5.56 Å². The van der Waals surface area contributed by atoms with E-state index in [9.17, 15) is 4.79 Å². The normalized spacial score (nSPS) is 11.9. The number of nitrogens with zero attached hydrogens (tertiary/aromatic N) is 1. The molecule has 20 heavy (non-hydrogen) atoms. The van der Waals surface area contributed by atoms with E-state index in [1.807, 2.05) is 45.0 Å². The molecule has 1 atom stereocenters. The fourth-order valence-electron chi connectivity index (χ4n) is 2.05. The lowest BCUT2D eigenvalue weighted by atomic mass is 10.0. The third kappa shape index (κ3) is 3.81. The van der Waals surface area contributed by atoms with Gasteiger partial charge >= 0.3 is 6.03 Å². The van der Waals surface area contributed by atoms with Crippen molar-refractivity contribution in [3.63, 3.8) is 0 Å². The van der Waals surface area contributed by atoms with Crippen molar-refractivity contribution >= 4 is 17.4 Å². The van der Waals surface area contributed by atoms with E-state index in [-0.39, 0.29) is 12.1 Å². The zero-order valence-corrected chi connectivity index (χ0v) is 12.8. The number of aromatic nitrogens is 1. The number of hydrogen-bond acceptors (Lipinski definition) is 3. The Morgan fingerprint density at radius 2 is 2.10 bits per heavy atom. The molecular weight excluding hydrogens is 270 g/mol. The van der Waals surface area contributed by atoms with Crippen molar-refractivity contribution in [2.45, 2.75) is 33.4 Å². The first-order valence-corrected chi connectivity index (χ1v) is 7.39. The van der Waals surface area contributed by atoms with Gasteiger partial charge in [0.05, 0.1) is 17.6 Å². The van der Waals surface area contributed by atoms with Crippen LogP contribution in [0.5, 0.6) is 0 Å². The third-order valence-electron chi connectivity index (χ3n) is 3.09. The minimum absolute atomic E-state index is 0.0144. The molecule has 1 unspecified atom stereocenters. The summed E-state index contributed by atoms with van der Waals surface area (Å²) in [5.74, 6) is 0. The van der Waals surface area contributed by atoms with Crippen LogP contribution in [0.25, 0.3) is 0 Å². The maximum Gasteiger partial charge on any atom is 0.315 e. The highest BCUT2D eigenvalue weighted by Crippen LogP contribution is 2.16. The summed E-state index contributed by atoms with van der Waals surface area (Å²) in [6.07, 6.45) is 1.80. The number of hydrogen-bond donors (Lipinski definition) is 2. The zero-order valence-electron chi connectivity index (χ0n) is 11.9. The Balaban J connectivity index is 1.87. The average molecular weight is 289 g/mol. The van der Waals surface area contributed by atoms with Gasteiger partial charge in [0.25, 0.3) is 0 Å². The van der Waals surface area contributed by atoms with Crippen molar-refractivity contribution in [3.8, 4) is 0 Å². The van der Waals surface area contributed by atoms with Crippen LogP contribution in [0.15, 0.2) is 30.5 Å². The number of thiazole rings is 1. The summed E-state index contributed by atoms with van der Waals surface area (Å²) in [4.78, 5) is 17.1. The van der Waals surface area contributed by atoms with Crippen molar-refractivity contribution in [2.24, 2.45) is 0 Å². The van der Waals surface area contributed by atoms with Crippen LogP contribution in [-0.4, -0.2) is 11.0 Å². The Morgan fingerprint density at radius 3 is 2.75 bits per heavy atom. The van der Waals surface area contributed by atoms with E-state index < -0.39 is 0 Å². The van der Waals surface area contributed by atoms with Crippen molar-refractivity contribution < 1.29 is 4.79 Å². The summed E-state index contributed by atoms with van der Waals surface area (Å²) in [7, 11) is 0. The standard InChI is InChI=1S/C15H19N3OS/c1-10-6-4-5-7-14(10)11(2)18-15(19)17-9-13-8-16-12(3)20-13/h4-8,11H,9H2,1-3H3,(H2,17,18,19). The Morgan fingerprint density at radius 1 is 1.35 bits per heavy atom. The van der Waals surface area contributed by atoms with Gasteiger partial charge < -0.3 is 10.6 Å². The topological polar surface area (TPSA) is 54.0 Å². The van der Waals surface area contributed by atoms with Crippen LogP contribution in [0.2, 0.25) is 0 Å². The van der Waals surface area contributed by atoms with Gasteiger partial charge in [-0.3, -0.25) is 0 Å². The molecular formula is C15H19N3OS. The number of carbonyl (C=O) groups excluding carboxylic acids is 1. The minimum Gasteiger partial charge on any atom is -0.333 e. The van der Waals surface area contributed by atoms with Gasteiger partial charge in [0, 0.05) is 11.1 Å². The number of rotatable bonds is 4. The fourth-order valence-corrected chi connectivity index (χ4v) is 2.79. The van der Waals surface area contributed by atoms with Crippen molar-refractivity contribution in [1.82, 2.24) is 15.6 Å². The van der Waals surface area contributed by atoms with E-state index in [0.717, 1.165) is 15.4 Å². The Kier molecular flexibility index (Phi) is 4.74. The molecule has 0 bridgehead atoms. The molecule has 0 aliphatic rings. The second-order valence-corrected chi connectivity index (χ2v) is 6.07. The summed E-state index contributed by atoms with van der Waals surface area (Å²) < 4.78 is 0. The molecule has 1 heterocycles. The van der Waals surface area contributed by atoms with Gasteiger partial charge in [-0.05, 0) is 31.9 Å². The van der Waals surface area contributed by atoms with Gasteiger partial charge in [0.15, 0.2) is 0 Å². The summed E-state index contributed by atoms with van der Waals surface area (Å²) in [5.41, 5.74) is 2.31. The molecule has 0 radical (unpaired) electrons. The van der Waals surface area contributed by atoms with Gasteiger partial charge in [0.2, 0.25) is 0 Å².